The maximum Gasteiger partial charge on any atom is 0.409 e. The number of aryl methyl sites for hydroxylation is 1. The summed E-state index contributed by atoms with van der Waals surface area (Å²) in [5.41, 5.74) is 1.61. The number of imidazole rings is 1. The van der Waals surface area contributed by atoms with E-state index in [-0.39, 0.29) is 6.09 Å². The van der Waals surface area contributed by atoms with Crippen LogP contribution in [0.1, 0.15) is 49.5 Å². The molecule has 1 spiro atoms. The number of carbonyl (C=O) groups is 1. The van der Waals surface area contributed by atoms with Crippen LogP contribution in [0.3, 0.4) is 0 Å². The molecule has 3 heterocycles. The third-order valence-electron chi connectivity index (χ3n) is 6.88. The van der Waals surface area contributed by atoms with Crippen molar-refractivity contribution < 1.29 is 9.53 Å². The van der Waals surface area contributed by atoms with Crippen molar-refractivity contribution in [3.8, 4) is 0 Å². The van der Waals surface area contributed by atoms with Crippen molar-refractivity contribution in [1.29, 1.82) is 0 Å². The Labute approximate surface area is 150 Å². The lowest BCUT2D eigenvalue weighted by atomic mass is 9.64. The summed E-state index contributed by atoms with van der Waals surface area (Å²) in [5.74, 6) is 1.86. The van der Waals surface area contributed by atoms with Crippen LogP contribution in [0.4, 0.5) is 4.79 Å². The van der Waals surface area contributed by atoms with Gasteiger partial charge in [-0.25, -0.2) is 9.78 Å². The van der Waals surface area contributed by atoms with Crippen LogP contribution in [0.5, 0.6) is 0 Å². The van der Waals surface area contributed by atoms with Gasteiger partial charge in [0.25, 0.3) is 0 Å². The highest BCUT2D eigenvalue weighted by atomic mass is 16.5. The van der Waals surface area contributed by atoms with Crippen molar-refractivity contribution in [2.45, 2.75) is 51.0 Å². The molecule has 4 rings (SSSR count). The van der Waals surface area contributed by atoms with Gasteiger partial charge in [-0.3, -0.25) is 0 Å². The van der Waals surface area contributed by atoms with E-state index in [1.165, 1.54) is 57.4 Å². The molecule has 0 N–H and O–H groups in total. The van der Waals surface area contributed by atoms with Crippen molar-refractivity contribution in [1.82, 2.24) is 19.4 Å². The summed E-state index contributed by atoms with van der Waals surface area (Å²) in [7, 11) is 3.61. The highest BCUT2D eigenvalue weighted by molar-refractivity contribution is 5.67. The van der Waals surface area contributed by atoms with Crippen LogP contribution in [0, 0.1) is 12.3 Å². The third-order valence-corrected chi connectivity index (χ3v) is 6.88. The predicted molar refractivity (Wildman–Crippen MR) is 95.5 cm³/mol. The van der Waals surface area contributed by atoms with Gasteiger partial charge in [-0.1, -0.05) is 0 Å². The summed E-state index contributed by atoms with van der Waals surface area (Å²) in [6, 6.07) is 0.710. The Morgan fingerprint density at radius 3 is 2.60 bits per heavy atom. The first-order chi connectivity index (χ1) is 12.0. The van der Waals surface area contributed by atoms with Crippen molar-refractivity contribution in [2.75, 3.05) is 33.3 Å². The molecule has 3 fully saturated rings. The second-order valence-electron chi connectivity index (χ2n) is 8.33. The number of nitrogens with zero attached hydrogens (tertiary/aromatic N) is 4. The van der Waals surface area contributed by atoms with Crippen LogP contribution in [0.2, 0.25) is 0 Å². The van der Waals surface area contributed by atoms with E-state index in [2.05, 4.69) is 28.4 Å². The molecule has 1 aliphatic carbocycles. The Hall–Kier alpha value is -1.56. The predicted octanol–water partition coefficient (Wildman–Crippen LogP) is 2.53. The second kappa shape index (κ2) is 6.31. The molecule has 0 radical (unpaired) electrons. The molecule has 0 atom stereocenters. The van der Waals surface area contributed by atoms with Gasteiger partial charge in [-0.05, 0) is 57.5 Å². The topological polar surface area (TPSA) is 50.6 Å². The lowest BCUT2D eigenvalue weighted by molar-refractivity contribution is -0.00476. The van der Waals surface area contributed by atoms with E-state index in [1.807, 2.05) is 11.1 Å². The Kier molecular flexibility index (Phi) is 4.26. The van der Waals surface area contributed by atoms with Gasteiger partial charge in [-0.15, -0.1) is 0 Å². The van der Waals surface area contributed by atoms with E-state index in [0.29, 0.717) is 17.4 Å². The SMILES string of the molecule is COC(=O)N1CCC2(CC(N3CCC(c4ncc(C)n4C)CC3)C2)C1. The van der Waals surface area contributed by atoms with Crippen LogP contribution < -0.4 is 0 Å². The minimum Gasteiger partial charge on any atom is -0.453 e. The van der Waals surface area contributed by atoms with Gasteiger partial charge < -0.3 is 19.1 Å². The number of methoxy groups -OCH3 is 1. The molecule has 6 nitrogen and oxygen atoms in total. The maximum absolute atomic E-state index is 11.7. The lowest BCUT2D eigenvalue weighted by Crippen LogP contribution is -2.54. The van der Waals surface area contributed by atoms with Crippen LogP contribution in [0.25, 0.3) is 0 Å². The summed E-state index contributed by atoms with van der Waals surface area (Å²) in [6.07, 6.45) is 7.88. The zero-order valence-electron chi connectivity index (χ0n) is 15.7. The number of amides is 1. The first-order valence-electron chi connectivity index (χ1n) is 9.56. The number of aromatic nitrogens is 2. The van der Waals surface area contributed by atoms with Crippen LogP contribution in [-0.2, 0) is 11.8 Å². The molecule has 25 heavy (non-hydrogen) atoms. The van der Waals surface area contributed by atoms with E-state index < -0.39 is 0 Å². The molecule has 0 aromatic carbocycles. The standard InChI is InChI=1S/C19H30N4O2/c1-14-12-20-17(21(14)2)15-4-7-22(8-5-15)16-10-19(11-16)6-9-23(13-19)18(24)25-3/h12,15-16H,4-11,13H2,1-3H3. The highest BCUT2D eigenvalue weighted by Crippen LogP contribution is 2.50. The van der Waals surface area contributed by atoms with Gasteiger partial charge in [0.15, 0.2) is 0 Å². The molecule has 6 heteroatoms. The molecule has 1 amide bonds. The highest BCUT2D eigenvalue weighted by Gasteiger charge is 2.51. The molecular weight excluding hydrogens is 316 g/mol. The number of rotatable bonds is 2. The van der Waals surface area contributed by atoms with Gasteiger partial charge in [0.1, 0.15) is 5.82 Å². The summed E-state index contributed by atoms with van der Waals surface area (Å²) in [6.45, 7) is 6.23. The maximum atomic E-state index is 11.7. The van der Waals surface area contributed by atoms with Gasteiger partial charge in [0.05, 0.1) is 7.11 Å². The van der Waals surface area contributed by atoms with Crippen LogP contribution in [0.15, 0.2) is 6.20 Å². The van der Waals surface area contributed by atoms with Crippen LogP contribution in [-0.4, -0.2) is 64.8 Å². The molecule has 1 saturated carbocycles. The first kappa shape index (κ1) is 16.9. The summed E-state index contributed by atoms with van der Waals surface area (Å²) >= 11 is 0. The molecule has 0 bridgehead atoms. The summed E-state index contributed by atoms with van der Waals surface area (Å²) in [4.78, 5) is 20.9. The summed E-state index contributed by atoms with van der Waals surface area (Å²) < 4.78 is 7.12. The molecule has 2 aliphatic heterocycles. The molecule has 0 unspecified atom stereocenters. The number of carbonyl (C=O) groups excluding carboxylic acids is 1. The molecule has 138 valence electrons. The van der Waals surface area contributed by atoms with Crippen molar-refractivity contribution >= 4 is 6.09 Å². The Morgan fingerprint density at radius 1 is 1.28 bits per heavy atom. The first-order valence-corrected chi connectivity index (χ1v) is 9.56. The zero-order valence-corrected chi connectivity index (χ0v) is 15.7. The number of hydrogen-bond donors (Lipinski definition) is 0. The minimum atomic E-state index is -0.161. The van der Waals surface area contributed by atoms with E-state index in [1.54, 1.807) is 0 Å². The minimum absolute atomic E-state index is 0.161. The molecule has 1 aromatic rings. The van der Waals surface area contributed by atoms with Gasteiger partial charge in [0, 0.05) is 44.0 Å². The average Bonchev–Trinajstić information content (AvgIpc) is 3.18. The summed E-state index contributed by atoms with van der Waals surface area (Å²) in [5, 5.41) is 0. The van der Waals surface area contributed by atoms with Crippen LogP contribution >= 0.6 is 0 Å². The third kappa shape index (κ3) is 2.94. The van der Waals surface area contributed by atoms with Crippen molar-refractivity contribution in [3.63, 3.8) is 0 Å². The Bertz CT molecular complexity index is 642. The fourth-order valence-corrected chi connectivity index (χ4v) is 5.17. The number of piperidine rings is 1. The van der Waals surface area contributed by atoms with E-state index >= 15 is 0 Å². The number of hydrogen-bond acceptors (Lipinski definition) is 4. The molecule has 1 aromatic heterocycles. The quantitative estimate of drug-likeness (QED) is 0.826. The fourth-order valence-electron chi connectivity index (χ4n) is 5.17. The van der Waals surface area contributed by atoms with E-state index in [4.69, 9.17) is 4.74 Å². The van der Waals surface area contributed by atoms with Gasteiger partial charge in [0.2, 0.25) is 0 Å². The normalized spacial score (nSPS) is 30.7. The Morgan fingerprint density at radius 2 is 2.00 bits per heavy atom. The monoisotopic (exact) mass is 346 g/mol. The molecule has 2 saturated heterocycles. The van der Waals surface area contributed by atoms with Crippen molar-refractivity contribution in [2.24, 2.45) is 12.5 Å². The second-order valence-corrected chi connectivity index (χ2v) is 8.33. The Balaban J connectivity index is 1.28. The van der Waals surface area contributed by atoms with Gasteiger partial charge in [-0.2, -0.15) is 0 Å². The number of ether oxygens (including phenoxy) is 1. The van der Waals surface area contributed by atoms with Crippen molar-refractivity contribution in [3.05, 3.63) is 17.7 Å². The number of likely N-dealkylation sites (tertiary alicyclic amines) is 2. The van der Waals surface area contributed by atoms with E-state index in [0.717, 1.165) is 19.5 Å². The van der Waals surface area contributed by atoms with Gasteiger partial charge >= 0.3 is 6.09 Å². The fraction of sp³-hybridized carbons (Fsp3) is 0.789. The lowest BCUT2D eigenvalue weighted by Gasteiger charge is -2.51. The molecule has 3 aliphatic rings. The van der Waals surface area contributed by atoms with E-state index in [9.17, 15) is 4.79 Å². The largest absolute Gasteiger partial charge is 0.453 e. The zero-order chi connectivity index (χ0) is 17.6. The average molecular weight is 346 g/mol. The smallest absolute Gasteiger partial charge is 0.409 e. The molecular formula is C19H30N4O2.